The number of nitrogens with one attached hydrogen (secondary N) is 2. The van der Waals surface area contributed by atoms with Crippen LogP contribution in [0.1, 0.15) is 37.7 Å². The molecule has 0 saturated heterocycles. The van der Waals surface area contributed by atoms with Gasteiger partial charge in [0.05, 0.1) is 0 Å². The fourth-order valence-corrected chi connectivity index (χ4v) is 1.74. The average Bonchev–Trinajstić information content (AvgIpc) is 2.71. The Balaban J connectivity index is 2.28. The quantitative estimate of drug-likeness (QED) is 0.727. The smallest absolute Gasteiger partial charge is 0.268 e. The fourth-order valence-electron chi connectivity index (χ4n) is 1.74. The number of aromatic nitrogens is 1. The van der Waals surface area contributed by atoms with Gasteiger partial charge >= 0.3 is 0 Å². The van der Waals surface area contributed by atoms with E-state index in [2.05, 4.69) is 10.3 Å². The maximum atomic E-state index is 12.1. The molecule has 0 aliphatic heterocycles. The van der Waals surface area contributed by atoms with Crippen LogP contribution in [-0.2, 0) is 0 Å². The largest absolute Gasteiger partial charge is 0.399 e. The van der Waals surface area contributed by atoms with Gasteiger partial charge in [-0.25, -0.2) is 0 Å². The zero-order chi connectivity index (χ0) is 13.3. The van der Waals surface area contributed by atoms with Gasteiger partial charge < -0.3 is 16.0 Å². The van der Waals surface area contributed by atoms with E-state index in [-0.39, 0.29) is 11.4 Å². The van der Waals surface area contributed by atoms with E-state index in [0.29, 0.717) is 11.4 Å². The monoisotopic (exact) mass is 245 g/mol. The number of aromatic amines is 1. The summed E-state index contributed by atoms with van der Waals surface area (Å²) in [5, 5.41) is 3.95. The second-order valence-corrected chi connectivity index (χ2v) is 5.22. The van der Waals surface area contributed by atoms with E-state index in [0.717, 1.165) is 17.3 Å². The van der Waals surface area contributed by atoms with E-state index in [9.17, 15) is 4.79 Å². The molecule has 2 rings (SSSR count). The number of fused-ring (bicyclic) bond motifs is 1. The molecule has 0 atom stereocenters. The number of rotatable bonds is 3. The third kappa shape index (κ3) is 2.47. The van der Waals surface area contributed by atoms with Crippen LogP contribution in [0.2, 0.25) is 0 Å². The molecule has 96 valence electrons. The normalized spacial score (nSPS) is 11.7. The Morgan fingerprint density at radius 1 is 1.39 bits per heavy atom. The van der Waals surface area contributed by atoms with Gasteiger partial charge in [0.2, 0.25) is 0 Å². The van der Waals surface area contributed by atoms with Crippen LogP contribution in [-0.4, -0.2) is 16.4 Å². The molecule has 0 bridgehead atoms. The third-order valence-corrected chi connectivity index (χ3v) is 3.23. The molecule has 0 fully saturated rings. The molecular formula is C14H19N3O. The summed E-state index contributed by atoms with van der Waals surface area (Å²) in [6, 6.07) is 7.38. The summed E-state index contributed by atoms with van der Waals surface area (Å²) in [6.07, 6.45) is 0.881. The fraction of sp³-hybridized carbons (Fsp3) is 0.357. The SMILES string of the molecule is CCC(C)(C)NC(=O)c1cc2cc(N)ccc2[nH]1. The minimum absolute atomic E-state index is 0.0865. The van der Waals surface area contributed by atoms with E-state index in [1.54, 1.807) is 0 Å². The molecule has 1 amide bonds. The van der Waals surface area contributed by atoms with Crippen molar-refractivity contribution in [2.24, 2.45) is 0 Å². The molecular weight excluding hydrogens is 226 g/mol. The second kappa shape index (κ2) is 4.37. The van der Waals surface area contributed by atoms with E-state index >= 15 is 0 Å². The molecule has 0 aliphatic rings. The van der Waals surface area contributed by atoms with Gasteiger partial charge in [-0.1, -0.05) is 6.92 Å². The molecule has 4 heteroatoms. The number of anilines is 1. The number of nitrogen functional groups attached to an aromatic ring is 1. The molecule has 1 aromatic heterocycles. The number of hydrogen-bond acceptors (Lipinski definition) is 2. The first-order chi connectivity index (χ1) is 8.41. The highest BCUT2D eigenvalue weighted by Gasteiger charge is 2.19. The van der Waals surface area contributed by atoms with Crippen LogP contribution in [0.15, 0.2) is 24.3 Å². The lowest BCUT2D eigenvalue weighted by atomic mass is 10.0. The van der Waals surface area contributed by atoms with Gasteiger partial charge in [-0.2, -0.15) is 0 Å². The van der Waals surface area contributed by atoms with Crippen LogP contribution in [0, 0.1) is 0 Å². The Kier molecular flexibility index (Phi) is 3.03. The van der Waals surface area contributed by atoms with Crippen LogP contribution >= 0.6 is 0 Å². The standard InChI is InChI=1S/C14H19N3O/c1-4-14(2,3)17-13(18)12-8-9-7-10(15)5-6-11(9)16-12/h5-8,16H,4,15H2,1-3H3,(H,17,18). The number of hydrogen-bond donors (Lipinski definition) is 3. The van der Waals surface area contributed by atoms with Gasteiger partial charge in [-0.05, 0) is 44.5 Å². The predicted octanol–water partition coefficient (Wildman–Crippen LogP) is 2.67. The van der Waals surface area contributed by atoms with Crippen molar-refractivity contribution in [2.75, 3.05) is 5.73 Å². The Morgan fingerprint density at radius 3 is 2.78 bits per heavy atom. The summed E-state index contributed by atoms with van der Waals surface area (Å²) in [4.78, 5) is 15.2. The zero-order valence-electron chi connectivity index (χ0n) is 11.0. The molecule has 1 heterocycles. The Bertz CT molecular complexity index is 584. The van der Waals surface area contributed by atoms with Crippen LogP contribution in [0.5, 0.6) is 0 Å². The molecule has 0 radical (unpaired) electrons. The van der Waals surface area contributed by atoms with Crippen LogP contribution in [0.25, 0.3) is 10.9 Å². The Morgan fingerprint density at radius 2 is 2.11 bits per heavy atom. The Hall–Kier alpha value is -1.97. The van der Waals surface area contributed by atoms with Gasteiger partial charge in [0.1, 0.15) is 5.69 Å². The topological polar surface area (TPSA) is 70.9 Å². The minimum atomic E-state index is -0.201. The first-order valence-corrected chi connectivity index (χ1v) is 6.12. The predicted molar refractivity (Wildman–Crippen MR) is 74.5 cm³/mol. The lowest BCUT2D eigenvalue weighted by molar-refractivity contribution is 0.0907. The molecule has 4 nitrogen and oxygen atoms in total. The highest BCUT2D eigenvalue weighted by Crippen LogP contribution is 2.19. The first kappa shape index (κ1) is 12.5. The lowest BCUT2D eigenvalue weighted by Gasteiger charge is -2.23. The summed E-state index contributed by atoms with van der Waals surface area (Å²) < 4.78 is 0. The molecule has 18 heavy (non-hydrogen) atoms. The third-order valence-electron chi connectivity index (χ3n) is 3.23. The van der Waals surface area contributed by atoms with Crippen molar-refractivity contribution in [3.63, 3.8) is 0 Å². The van der Waals surface area contributed by atoms with E-state index < -0.39 is 0 Å². The van der Waals surface area contributed by atoms with Crippen molar-refractivity contribution >= 4 is 22.5 Å². The van der Waals surface area contributed by atoms with Gasteiger partial charge in [0, 0.05) is 22.1 Å². The molecule has 4 N–H and O–H groups in total. The number of carbonyl (C=O) groups is 1. The molecule has 0 spiro atoms. The van der Waals surface area contributed by atoms with Gasteiger partial charge in [0.25, 0.3) is 5.91 Å². The van der Waals surface area contributed by atoms with E-state index in [1.807, 2.05) is 45.0 Å². The van der Waals surface area contributed by atoms with Gasteiger partial charge in [-0.3, -0.25) is 4.79 Å². The summed E-state index contributed by atoms with van der Waals surface area (Å²) in [5.74, 6) is -0.0865. The highest BCUT2D eigenvalue weighted by molar-refractivity contribution is 5.98. The summed E-state index contributed by atoms with van der Waals surface area (Å²) >= 11 is 0. The number of nitrogens with two attached hydrogens (primary N) is 1. The Labute approximate surface area is 107 Å². The van der Waals surface area contributed by atoms with E-state index in [4.69, 9.17) is 5.73 Å². The van der Waals surface area contributed by atoms with Crippen molar-refractivity contribution in [1.29, 1.82) is 0 Å². The molecule has 2 aromatic rings. The van der Waals surface area contributed by atoms with Crippen molar-refractivity contribution in [3.8, 4) is 0 Å². The average molecular weight is 245 g/mol. The first-order valence-electron chi connectivity index (χ1n) is 6.12. The van der Waals surface area contributed by atoms with Crippen molar-refractivity contribution in [3.05, 3.63) is 30.0 Å². The number of H-pyrrole nitrogens is 1. The summed E-state index contributed by atoms with van der Waals surface area (Å²) in [6.45, 7) is 6.06. The number of amides is 1. The summed E-state index contributed by atoms with van der Waals surface area (Å²) in [5.41, 5.74) is 7.70. The van der Waals surface area contributed by atoms with Crippen molar-refractivity contribution in [1.82, 2.24) is 10.3 Å². The molecule has 0 aliphatic carbocycles. The highest BCUT2D eigenvalue weighted by atomic mass is 16.2. The van der Waals surface area contributed by atoms with Gasteiger partial charge in [0.15, 0.2) is 0 Å². The van der Waals surface area contributed by atoms with Crippen LogP contribution < -0.4 is 11.1 Å². The van der Waals surface area contributed by atoms with Crippen LogP contribution in [0.4, 0.5) is 5.69 Å². The minimum Gasteiger partial charge on any atom is -0.399 e. The summed E-state index contributed by atoms with van der Waals surface area (Å²) in [7, 11) is 0. The number of carbonyl (C=O) groups excluding carboxylic acids is 1. The maximum absolute atomic E-state index is 12.1. The number of benzene rings is 1. The van der Waals surface area contributed by atoms with E-state index in [1.165, 1.54) is 0 Å². The van der Waals surface area contributed by atoms with Crippen molar-refractivity contribution in [2.45, 2.75) is 32.7 Å². The molecule has 1 aromatic carbocycles. The van der Waals surface area contributed by atoms with Crippen molar-refractivity contribution < 1.29 is 4.79 Å². The molecule has 0 unspecified atom stereocenters. The van der Waals surface area contributed by atoms with Gasteiger partial charge in [-0.15, -0.1) is 0 Å². The second-order valence-electron chi connectivity index (χ2n) is 5.22. The lowest BCUT2D eigenvalue weighted by Crippen LogP contribution is -2.42. The molecule has 0 saturated carbocycles. The zero-order valence-corrected chi connectivity index (χ0v) is 11.0. The maximum Gasteiger partial charge on any atom is 0.268 e. The van der Waals surface area contributed by atoms with Crippen LogP contribution in [0.3, 0.4) is 0 Å².